The van der Waals surface area contributed by atoms with Crippen LogP contribution in [-0.2, 0) is 11.2 Å². The molecule has 1 fully saturated rings. The van der Waals surface area contributed by atoms with Crippen LogP contribution in [0.2, 0.25) is 5.02 Å². The number of carbonyl (C=O) groups is 2. The van der Waals surface area contributed by atoms with Crippen LogP contribution in [0.1, 0.15) is 5.56 Å². The number of aromatic nitrogens is 1. The van der Waals surface area contributed by atoms with Gasteiger partial charge in [-0.25, -0.2) is 4.79 Å². The van der Waals surface area contributed by atoms with Crippen LogP contribution in [0, 0.1) is 0 Å². The second kappa shape index (κ2) is 4.79. The highest BCUT2D eigenvalue weighted by atomic mass is 79.9. The fraction of sp³-hybridized carbons (Fsp3) is 0.231. The van der Waals surface area contributed by atoms with E-state index in [2.05, 4.69) is 26.2 Å². The van der Waals surface area contributed by atoms with Gasteiger partial charge < -0.3 is 10.3 Å². The highest BCUT2D eigenvalue weighted by molar-refractivity contribution is 9.10. The third-order valence-electron chi connectivity index (χ3n) is 3.48. The Morgan fingerprint density at radius 3 is 2.80 bits per heavy atom. The SMILES string of the molecule is CN1C(=O)N[C@H](Cc2c(Br)[nH]c3c(Cl)cccc23)C1=O. The van der Waals surface area contributed by atoms with Gasteiger partial charge in [0.15, 0.2) is 0 Å². The molecule has 1 saturated heterocycles. The van der Waals surface area contributed by atoms with E-state index in [9.17, 15) is 9.59 Å². The first kappa shape index (κ1) is 13.5. The van der Waals surface area contributed by atoms with Crippen molar-refractivity contribution >= 4 is 50.4 Å². The third kappa shape index (κ3) is 1.99. The van der Waals surface area contributed by atoms with Gasteiger partial charge >= 0.3 is 6.03 Å². The Kier molecular flexibility index (Phi) is 3.22. The molecule has 2 heterocycles. The molecule has 0 bridgehead atoms. The molecule has 0 spiro atoms. The van der Waals surface area contributed by atoms with Crippen LogP contribution in [-0.4, -0.2) is 34.9 Å². The number of carbonyl (C=O) groups excluding carboxylic acids is 2. The summed E-state index contributed by atoms with van der Waals surface area (Å²) < 4.78 is 0.775. The maximum absolute atomic E-state index is 11.9. The van der Waals surface area contributed by atoms with Crippen LogP contribution < -0.4 is 5.32 Å². The summed E-state index contributed by atoms with van der Waals surface area (Å²) in [5.74, 6) is -0.224. The van der Waals surface area contributed by atoms with E-state index in [1.165, 1.54) is 7.05 Å². The van der Waals surface area contributed by atoms with E-state index in [4.69, 9.17) is 11.6 Å². The van der Waals surface area contributed by atoms with E-state index in [0.717, 1.165) is 26.0 Å². The lowest BCUT2D eigenvalue weighted by atomic mass is 10.1. The zero-order chi connectivity index (χ0) is 14.4. The summed E-state index contributed by atoms with van der Waals surface area (Å²) in [6.07, 6.45) is 0.413. The number of likely N-dealkylation sites (N-methyl/N-ethyl adjacent to an activating group) is 1. The predicted molar refractivity (Wildman–Crippen MR) is 79.8 cm³/mol. The zero-order valence-corrected chi connectivity index (χ0v) is 12.9. The molecule has 0 unspecified atom stereocenters. The fourth-order valence-corrected chi connectivity index (χ4v) is 3.19. The molecule has 1 aliphatic rings. The number of para-hydroxylation sites is 1. The molecule has 5 nitrogen and oxygen atoms in total. The molecule has 2 aromatic rings. The van der Waals surface area contributed by atoms with Gasteiger partial charge in [-0.1, -0.05) is 23.7 Å². The average molecular weight is 357 g/mol. The smallest absolute Gasteiger partial charge is 0.324 e. The van der Waals surface area contributed by atoms with E-state index >= 15 is 0 Å². The van der Waals surface area contributed by atoms with Gasteiger partial charge in [0.05, 0.1) is 15.1 Å². The molecular formula is C13H11BrClN3O2. The minimum Gasteiger partial charge on any atom is -0.348 e. The van der Waals surface area contributed by atoms with Crippen molar-refractivity contribution in [2.45, 2.75) is 12.5 Å². The molecule has 1 atom stereocenters. The van der Waals surface area contributed by atoms with Gasteiger partial charge in [-0.05, 0) is 27.6 Å². The van der Waals surface area contributed by atoms with Crippen LogP contribution in [0.4, 0.5) is 4.79 Å². The molecule has 20 heavy (non-hydrogen) atoms. The minimum atomic E-state index is -0.540. The number of aromatic amines is 1. The normalized spacial score (nSPS) is 18.9. The molecule has 0 radical (unpaired) electrons. The highest BCUT2D eigenvalue weighted by Crippen LogP contribution is 2.32. The molecule has 3 amide bonds. The largest absolute Gasteiger partial charge is 0.348 e. The summed E-state index contributed by atoms with van der Waals surface area (Å²) in [7, 11) is 1.47. The second-order valence-electron chi connectivity index (χ2n) is 4.68. The van der Waals surface area contributed by atoms with Crippen molar-refractivity contribution in [3.05, 3.63) is 33.4 Å². The number of amides is 3. The van der Waals surface area contributed by atoms with E-state index in [1.807, 2.05) is 12.1 Å². The van der Waals surface area contributed by atoms with Crippen molar-refractivity contribution in [1.82, 2.24) is 15.2 Å². The fourth-order valence-electron chi connectivity index (χ4n) is 2.39. The number of nitrogens with one attached hydrogen (secondary N) is 2. The number of rotatable bonds is 2. The summed E-state index contributed by atoms with van der Waals surface area (Å²) in [5, 5.41) is 4.23. The van der Waals surface area contributed by atoms with Gasteiger partial charge in [-0.2, -0.15) is 0 Å². The van der Waals surface area contributed by atoms with Crippen LogP contribution in [0.25, 0.3) is 10.9 Å². The summed E-state index contributed by atoms with van der Waals surface area (Å²) in [6.45, 7) is 0. The van der Waals surface area contributed by atoms with Crippen LogP contribution >= 0.6 is 27.5 Å². The van der Waals surface area contributed by atoms with Crippen molar-refractivity contribution in [2.24, 2.45) is 0 Å². The molecule has 0 saturated carbocycles. The monoisotopic (exact) mass is 355 g/mol. The Balaban J connectivity index is 2.00. The Labute approximate surface area is 128 Å². The van der Waals surface area contributed by atoms with Gasteiger partial charge in [0.2, 0.25) is 0 Å². The number of benzene rings is 1. The van der Waals surface area contributed by atoms with E-state index < -0.39 is 6.04 Å². The minimum absolute atomic E-state index is 0.224. The van der Waals surface area contributed by atoms with Crippen molar-refractivity contribution in [1.29, 1.82) is 0 Å². The van der Waals surface area contributed by atoms with Crippen molar-refractivity contribution in [3.8, 4) is 0 Å². The molecule has 7 heteroatoms. The van der Waals surface area contributed by atoms with E-state index in [-0.39, 0.29) is 11.9 Å². The number of nitrogens with zero attached hydrogens (tertiary/aromatic N) is 1. The molecular weight excluding hydrogens is 346 g/mol. The lowest BCUT2D eigenvalue weighted by Gasteiger charge is -2.08. The topological polar surface area (TPSA) is 65.2 Å². The maximum Gasteiger partial charge on any atom is 0.324 e. The van der Waals surface area contributed by atoms with E-state index in [1.54, 1.807) is 6.07 Å². The summed E-state index contributed by atoms with van der Waals surface area (Å²) in [4.78, 5) is 27.7. The van der Waals surface area contributed by atoms with Gasteiger partial charge in [0.1, 0.15) is 6.04 Å². The van der Waals surface area contributed by atoms with Gasteiger partial charge in [-0.3, -0.25) is 9.69 Å². The molecule has 1 aromatic carbocycles. The molecule has 1 aromatic heterocycles. The number of halogens is 2. The van der Waals surface area contributed by atoms with Crippen molar-refractivity contribution < 1.29 is 9.59 Å². The Hall–Kier alpha value is -1.53. The first-order valence-corrected chi connectivity index (χ1v) is 7.18. The molecule has 3 rings (SSSR count). The van der Waals surface area contributed by atoms with Gasteiger partial charge in [0.25, 0.3) is 5.91 Å². The summed E-state index contributed by atoms with van der Waals surface area (Å²) in [6, 6.07) is 4.68. The second-order valence-corrected chi connectivity index (χ2v) is 5.88. The first-order valence-electron chi connectivity index (χ1n) is 6.01. The zero-order valence-electron chi connectivity index (χ0n) is 10.5. The number of imide groups is 1. The lowest BCUT2D eigenvalue weighted by molar-refractivity contribution is -0.126. The summed E-state index contributed by atoms with van der Waals surface area (Å²) in [5.41, 5.74) is 1.75. The summed E-state index contributed by atoms with van der Waals surface area (Å²) >= 11 is 9.59. The molecule has 0 aliphatic carbocycles. The van der Waals surface area contributed by atoms with Crippen LogP contribution in [0.5, 0.6) is 0 Å². The number of hydrogen-bond acceptors (Lipinski definition) is 2. The standard InChI is InChI=1S/C13H11BrClN3O2/c1-18-12(19)9(16-13(18)20)5-7-6-3-2-4-8(15)10(6)17-11(7)14/h2-4,9,17H,5H2,1H3,(H,16,20)/t9-/m1/s1. The number of hydrogen-bond donors (Lipinski definition) is 2. The molecule has 104 valence electrons. The van der Waals surface area contributed by atoms with Gasteiger partial charge in [-0.15, -0.1) is 0 Å². The number of fused-ring (bicyclic) bond motifs is 1. The van der Waals surface area contributed by atoms with Crippen LogP contribution in [0.15, 0.2) is 22.8 Å². The lowest BCUT2D eigenvalue weighted by Crippen LogP contribution is -2.31. The molecule has 1 aliphatic heterocycles. The Morgan fingerprint density at radius 2 is 2.15 bits per heavy atom. The average Bonchev–Trinajstić information content (AvgIpc) is 2.85. The van der Waals surface area contributed by atoms with Crippen molar-refractivity contribution in [3.63, 3.8) is 0 Å². The van der Waals surface area contributed by atoms with Crippen LogP contribution in [0.3, 0.4) is 0 Å². The highest BCUT2D eigenvalue weighted by Gasteiger charge is 2.36. The number of H-pyrrole nitrogens is 1. The van der Waals surface area contributed by atoms with E-state index in [0.29, 0.717) is 11.4 Å². The molecule has 2 N–H and O–H groups in total. The number of urea groups is 1. The Bertz CT molecular complexity index is 728. The Morgan fingerprint density at radius 1 is 1.40 bits per heavy atom. The maximum atomic E-state index is 11.9. The van der Waals surface area contributed by atoms with Crippen molar-refractivity contribution in [2.75, 3.05) is 7.05 Å². The van der Waals surface area contributed by atoms with Gasteiger partial charge in [0, 0.05) is 18.9 Å². The quantitative estimate of drug-likeness (QED) is 0.813. The first-order chi connectivity index (χ1) is 9.49. The third-order valence-corrected chi connectivity index (χ3v) is 4.47. The predicted octanol–water partition coefficient (Wildman–Crippen LogP) is 2.68.